The molecular formula is C17H22N2O. The molecule has 0 fully saturated rings. The van der Waals surface area contributed by atoms with Gasteiger partial charge in [-0.25, -0.2) is 0 Å². The fourth-order valence-electron chi connectivity index (χ4n) is 2.10. The molecule has 2 unspecified atom stereocenters. The Labute approximate surface area is 120 Å². The molecule has 0 bridgehead atoms. The van der Waals surface area contributed by atoms with Crippen LogP contribution in [-0.2, 0) is 0 Å². The van der Waals surface area contributed by atoms with Crippen LogP contribution in [0.1, 0.15) is 36.3 Å². The number of pyridine rings is 1. The molecule has 106 valence electrons. The van der Waals surface area contributed by atoms with Crippen LogP contribution in [0.4, 0.5) is 0 Å². The highest BCUT2D eigenvalue weighted by atomic mass is 16.5. The van der Waals surface area contributed by atoms with Crippen molar-refractivity contribution < 1.29 is 4.74 Å². The van der Waals surface area contributed by atoms with E-state index in [-0.39, 0.29) is 12.1 Å². The summed E-state index contributed by atoms with van der Waals surface area (Å²) in [5.74, 6) is 0.879. The summed E-state index contributed by atoms with van der Waals surface area (Å²) in [6, 6.07) is 11.9. The first-order valence-electron chi connectivity index (χ1n) is 7.02. The van der Waals surface area contributed by atoms with Crippen LogP contribution in [0.2, 0.25) is 0 Å². The molecule has 2 rings (SSSR count). The van der Waals surface area contributed by atoms with Crippen molar-refractivity contribution in [1.82, 2.24) is 4.98 Å². The first-order chi connectivity index (χ1) is 9.61. The normalized spacial score (nSPS) is 13.8. The molecular weight excluding hydrogens is 248 g/mol. The lowest BCUT2D eigenvalue weighted by atomic mass is 10.0. The van der Waals surface area contributed by atoms with Crippen LogP contribution in [0.15, 0.2) is 42.6 Å². The molecule has 1 aromatic heterocycles. The second-order valence-electron chi connectivity index (χ2n) is 5.13. The van der Waals surface area contributed by atoms with E-state index in [9.17, 15) is 0 Å². The summed E-state index contributed by atoms with van der Waals surface area (Å²) in [7, 11) is 0. The Morgan fingerprint density at radius 2 is 2.00 bits per heavy atom. The fourth-order valence-corrected chi connectivity index (χ4v) is 2.10. The van der Waals surface area contributed by atoms with Crippen molar-refractivity contribution in [3.63, 3.8) is 0 Å². The summed E-state index contributed by atoms with van der Waals surface area (Å²) in [5.41, 5.74) is 9.39. The molecule has 2 aromatic rings. The molecule has 0 spiro atoms. The van der Waals surface area contributed by atoms with Gasteiger partial charge in [0.25, 0.3) is 0 Å². The summed E-state index contributed by atoms with van der Waals surface area (Å²) in [5, 5.41) is 0. The molecule has 2 N–H and O–H groups in total. The average Bonchev–Trinajstić information content (AvgIpc) is 2.48. The number of aryl methyl sites for hydroxylation is 2. The maximum absolute atomic E-state index is 6.22. The number of hydrogen-bond acceptors (Lipinski definition) is 3. The Morgan fingerprint density at radius 1 is 1.20 bits per heavy atom. The monoisotopic (exact) mass is 270 g/mol. The van der Waals surface area contributed by atoms with Crippen LogP contribution in [0, 0.1) is 13.8 Å². The molecule has 3 nitrogen and oxygen atoms in total. The first kappa shape index (κ1) is 14.5. The van der Waals surface area contributed by atoms with E-state index >= 15 is 0 Å². The van der Waals surface area contributed by atoms with Gasteiger partial charge in [-0.1, -0.05) is 25.1 Å². The topological polar surface area (TPSA) is 48.1 Å². The summed E-state index contributed by atoms with van der Waals surface area (Å²) >= 11 is 0. The summed E-state index contributed by atoms with van der Waals surface area (Å²) < 4.78 is 6.18. The Hall–Kier alpha value is -1.87. The van der Waals surface area contributed by atoms with Crippen LogP contribution in [-0.4, -0.2) is 11.0 Å². The third-order valence-corrected chi connectivity index (χ3v) is 3.44. The zero-order valence-corrected chi connectivity index (χ0v) is 12.3. The van der Waals surface area contributed by atoms with Gasteiger partial charge in [0.2, 0.25) is 0 Å². The van der Waals surface area contributed by atoms with E-state index in [1.165, 1.54) is 5.56 Å². The van der Waals surface area contributed by atoms with Crippen LogP contribution in [0.25, 0.3) is 0 Å². The number of hydrogen-bond donors (Lipinski definition) is 1. The summed E-state index contributed by atoms with van der Waals surface area (Å²) in [4.78, 5) is 4.39. The largest absolute Gasteiger partial charge is 0.482 e. The Morgan fingerprint density at radius 3 is 2.65 bits per heavy atom. The number of nitrogens with two attached hydrogens (primary N) is 1. The third-order valence-electron chi connectivity index (χ3n) is 3.44. The van der Waals surface area contributed by atoms with Gasteiger partial charge in [-0.2, -0.15) is 0 Å². The van der Waals surface area contributed by atoms with Gasteiger partial charge in [0.05, 0.1) is 5.69 Å². The first-order valence-corrected chi connectivity index (χ1v) is 7.02. The molecule has 0 amide bonds. The van der Waals surface area contributed by atoms with Crippen LogP contribution >= 0.6 is 0 Å². The van der Waals surface area contributed by atoms with Crippen LogP contribution in [0.3, 0.4) is 0 Å². The quantitative estimate of drug-likeness (QED) is 0.903. The lowest BCUT2D eigenvalue weighted by Gasteiger charge is -2.25. The second kappa shape index (κ2) is 6.53. The zero-order chi connectivity index (χ0) is 14.5. The lowest BCUT2D eigenvalue weighted by molar-refractivity contribution is 0.165. The van der Waals surface area contributed by atoms with Gasteiger partial charge >= 0.3 is 0 Å². The second-order valence-corrected chi connectivity index (χ2v) is 5.13. The smallest absolute Gasteiger partial charge is 0.155 e. The minimum atomic E-state index is -0.221. The lowest BCUT2D eigenvalue weighted by Crippen LogP contribution is -2.32. The van der Waals surface area contributed by atoms with Crippen molar-refractivity contribution in [2.24, 2.45) is 5.73 Å². The number of ether oxygens (including phenoxy) is 1. The Bertz CT molecular complexity index is 554. The molecule has 0 aliphatic rings. The van der Waals surface area contributed by atoms with Crippen molar-refractivity contribution in [3.8, 4) is 5.75 Å². The maximum atomic E-state index is 6.22. The molecule has 20 heavy (non-hydrogen) atoms. The van der Waals surface area contributed by atoms with Crippen molar-refractivity contribution in [1.29, 1.82) is 0 Å². The van der Waals surface area contributed by atoms with E-state index in [1.54, 1.807) is 6.20 Å². The van der Waals surface area contributed by atoms with E-state index in [0.29, 0.717) is 0 Å². The summed E-state index contributed by atoms with van der Waals surface area (Å²) in [6.45, 7) is 6.16. The van der Waals surface area contributed by atoms with Gasteiger partial charge in [0, 0.05) is 12.2 Å². The molecule has 0 radical (unpaired) electrons. The molecule has 0 aliphatic carbocycles. The highest BCUT2D eigenvalue weighted by molar-refractivity contribution is 5.36. The molecule has 0 aliphatic heterocycles. The number of nitrogens with zero attached hydrogens (tertiary/aromatic N) is 1. The van der Waals surface area contributed by atoms with Crippen molar-refractivity contribution >= 4 is 0 Å². The highest BCUT2D eigenvalue weighted by Gasteiger charge is 2.22. The van der Waals surface area contributed by atoms with Crippen LogP contribution in [0.5, 0.6) is 5.75 Å². The third kappa shape index (κ3) is 3.36. The van der Waals surface area contributed by atoms with Crippen molar-refractivity contribution in [2.45, 2.75) is 39.3 Å². The highest BCUT2D eigenvalue weighted by Crippen LogP contribution is 2.27. The van der Waals surface area contributed by atoms with Gasteiger partial charge in [0.15, 0.2) is 6.10 Å². The predicted molar refractivity (Wildman–Crippen MR) is 81.8 cm³/mol. The minimum absolute atomic E-state index is 0.0789. The molecule has 1 aromatic carbocycles. The van der Waals surface area contributed by atoms with Gasteiger partial charge in [-0.15, -0.1) is 0 Å². The Kier molecular flexibility index (Phi) is 4.74. The van der Waals surface area contributed by atoms with Gasteiger partial charge in [0.1, 0.15) is 5.75 Å². The van der Waals surface area contributed by atoms with Gasteiger partial charge in [-0.3, -0.25) is 4.98 Å². The molecule has 3 heteroatoms. The van der Waals surface area contributed by atoms with E-state index in [2.05, 4.69) is 31.0 Å². The van der Waals surface area contributed by atoms with E-state index in [4.69, 9.17) is 10.5 Å². The average molecular weight is 270 g/mol. The maximum Gasteiger partial charge on any atom is 0.155 e. The van der Waals surface area contributed by atoms with Gasteiger partial charge < -0.3 is 10.5 Å². The van der Waals surface area contributed by atoms with Gasteiger partial charge in [-0.05, 0) is 49.6 Å². The zero-order valence-electron chi connectivity index (χ0n) is 12.3. The van der Waals surface area contributed by atoms with E-state index in [1.807, 2.05) is 31.2 Å². The SMILES string of the molecule is CCC(N)C(Oc1cc(C)ccc1C)c1ccccn1. The van der Waals surface area contributed by atoms with Crippen molar-refractivity contribution in [3.05, 3.63) is 59.4 Å². The molecule has 2 atom stereocenters. The van der Waals surface area contributed by atoms with Crippen LogP contribution < -0.4 is 10.5 Å². The van der Waals surface area contributed by atoms with Crippen molar-refractivity contribution in [2.75, 3.05) is 0 Å². The fraction of sp³-hybridized carbons (Fsp3) is 0.353. The van der Waals surface area contributed by atoms with E-state index in [0.717, 1.165) is 23.4 Å². The standard InChI is InChI=1S/C17H22N2O/c1-4-14(18)17(15-7-5-6-10-19-15)20-16-11-12(2)8-9-13(16)3/h5-11,14,17H,4,18H2,1-3H3. The summed E-state index contributed by atoms with van der Waals surface area (Å²) in [6.07, 6.45) is 2.39. The molecule has 0 saturated heterocycles. The number of rotatable bonds is 5. The minimum Gasteiger partial charge on any atom is -0.482 e. The molecule has 0 saturated carbocycles. The Balaban J connectivity index is 2.31. The predicted octanol–water partition coefficient (Wildman–Crippen LogP) is 3.56. The van der Waals surface area contributed by atoms with E-state index < -0.39 is 0 Å². The number of aromatic nitrogens is 1. The molecule has 1 heterocycles. The number of benzene rings is 1.